The molecule has 190 valence electrons. The number of nitrogens with zero attached hydrogens (tertiary/aromatic N) is 3. The van der Waals surface area contributed by atoms with Crippen LogP contribution in [0.5, 0.6) is 0 Å². The minimum Gasteiger partial charge on any atom is -0.374 e. The first-order valence-electron chi connectivity index (χ1n) is 11.6. The Morgan fingerprint density at radius 2 is 1.36 bits per heavy atom. The molecule has 0 aliphatic carbocycles. The SMILES string of the molecule is CS(=O)(=O)O[C@H](COCc1ccccc1)[C@H](OCc1ccccc1)C(CN=[N+]=[N-])Cc1ccccc1. The zero-order chi connectivity index (χ0) is 25.6. The van der Waals surface area contributed by atoms with Gasteiger partial charge < -0.3 is 9.47 Å². The van der Waals surface area contributed by atoms with Crippen molar-refractivity contribution < 1.29 is 22.1 Å². The Kier molecular flexibility index (Phi) is 10.9. The molecule has 0 radical (unpaired) electrons. The van der Waals surface area contributed by atoms with Gasteiger partial charge in [0.1, 0.15) is 6.10 Å². The van der Waals surface area contributed by atoms with Crippen molar-refractivity contribution in [3.63, 3.8) is 0 Å². The molecule has 0 aromatic heterocycles. The third kappa shape index (κ3) is 9.81. The summed E-state index contributed by atoms with van der Waals surface area (Å²) in [6.45, 7) is 0.598. The molecule has 0 aliphatic rings. The minimum atomic E-state index is -3.84. The van der Waals surface area contributed by atoms with Crippen molar-refractivity contribution >= 4 is 10.1 Å². The molecule has 0 spiro atoms. The summed E-state index contributed by atoms with van der Waals surface area (Å²) < 4.78 is 42.2. The molecule has 9 heteroatoms. The van der Waals surface area contributed by atoms with E-state index < -0.39 is 22.3 Å². The van der Waals surface area contributed by atoms with Gasteiger partial charge in [0.25, 0.3) is 10.1 Å². The highest BCUT2D eigenvalue weighted by atomic mass is 32.2. The van der Waals surface area contributed by atoms with E-state index in [9.17, 15) is 8.42 Å². The van der Waals surface area contributed by atoms with Gasteiger partial charge in [0.2, 0.25) is 0 Å². The van der Waals surface area contributed by atoms with Crippen molar-refractivity contribution in [2.24, 2.45) is 11.0 Å². The summed E-state index contributed by atoms with van der Waals surface area (Å²) in [5.41, 5.74) is 11.9. The fourth-order valence-corrected chi connectivity index (χ4v) is 4.54. The summed E-state index contributed by atoms with van der Waals surface area (Å²) in [4.78, 5) is 2.93. The fourth-order valence-electron chi connectivity index (χ4n) is 3.93. The molecule has 0 heterocycles. The van der Waals surface area contributed by atoms with Gasteiger partial charge in [-0.25, -0.2) is 0 Å². The summed E-state index contributed by atoms with van der Waals surface area (Å²) in [6, 6.07) is 28.9. The second-order valence-electron chi connectivity index (χ2n) is 8.46. The van der Waals surface area contributed by atoms with Crippen LogP contribution in [-0.4, -0.2) is 40.0 Å². The van der Waals surface area contributed by atoms with E-state index in [2.05, 4.69) is 10.0 Å². The van der Waals surface area contributed by atoms with E-state index in [1.54, 1.807) is 0 Å². The van der Waals surface area contributed by atoms with Crippen LogP contribution in [0.3, 0.4) is 0 Å². The van der Waals surface area contributed by atoms with Gasteiger partial charge in [-0.3, -0.25) is 4.18 Å². The molecule has 0 fully saturated rings. The van der Waals surface area contributed by atoms with Crippen molar-refractivity contribution in [3.8, 4) is 0 Å². The number of hydrogen-bond acceptors (Lipinski definition) is 6. The van der Waals surface area contributed by atoms with Gasteiger partial charge >= 0.3 is 0 Å². The van der Waals surface area contributed by atoms with Crippen molar-refractivity contribution in [2.75, 3.05) is 19.4 Å². The highest BCUT2D eigenvalue weighted by Gasteiger charge is 2.34. The summed E-state index contributed by atoms with van der Waals surface area (Å²) in [5.74, 6) is -0.362. The predicted octanol–water partition coefficient (Wildman–Crippen LogP) is 5.30. The van der Waals surface area contributed by atoms with E-state index in [1.165, 1.54) is 0 Å². The Balaban J connectivity index is 1.88. The first kappa shape index (κ1) is 27.4. The lowest BCUT2D eigenvalue weighted by Crippen LogP contribution is -2.44. The molecule has 0 saturated heterocycles. The van der Waals surface area contributed by atoms with E-state index in [0.717, 1.165) is 22.9 Å². The minimum absolute atomic E-state index is 0.0248. The van der Waals surface area contributed by atoms with Gasteiger partial charge in [0, 0.05) is 11.5 Å². The second kappa shape index (κ2) is 14.4. The lowest BCUT2D eigenvalue weighted by molar-refractivity contribution is -0.0906. The maximum absolute atomic E-state index is 12.2. The Labute approximate surface area is 212 Å². The normalized spacial score (nSPS) is 13.9. The molecule has 1 unspecified atom stereocenters. The van der Waals surface area contributed by atoms with Crippen LogP contribution in [-0.2, 0) is 43.4 Å². The van der Waals surface area contributed by atoms with Crippen molar-refractivity contribution in [3.05, 3.63) is 118 Å². The smallest absolute Gasteiger partial charge is 0.264 e. The molecule has 3 rings (SSSR count). The van der Waals surface area contributed by atoms with Crippen LogP contribution in [0.2, 0.25) is 0 Å². The number of benzene rings is 3. The molecular formula is C27H31N3O5S. The monoisotopic (exact) mass is 509 g/mol. The van der Waals surface area contributed by atoms with Crippen molar-refractivity contribution in [2.45, 2.75) is 31.8 Å². The molecule has 0 amide bonds. The Bertz CT molecular complexity index is 1190. The van der Waals surface area contributed by atoms with Gasteiger partial charge in [0.15, 0.2) is 0 Å². The highest BCUT2D eigenvalue weighted by molar-refractivity contribution is 7.86. The molecule has 3 aromatic carbocycles. The molecule has 0 N–H and O–H groups in total. The van der Waals surface area contributed by atoms with E-state index >= 15 is 0 Å². The van der Waals surface area contributed by atoms with Crippen molar-refractivity contribution in [1.82, 2.24) is 0 Å². The Morgan fingerprint density at radius 1 is 0.833 bits per heavy atom. The number of rotatable bonds is 15. The number of ether oxygens (including phenoxy) is 2. The summed E-state index contributed by atoms with van der Waals surface area (Å²) in [6.07, 6.45) is -0.177. The summed E-state index contributed by atoms with van der Waals surface area (Å²) in [7, 11) is -3.84. The van der Waals surface area contributed by atoms with Gasteiger partial charge in [-0.15, -0.1) is 0 Å². The Hall–Kier alpha value is -3.20. The van der Waals surface area contributed by atoms with Crippen LogP contribution < -0.4 is 0 Å². The van der Waals surface area contributed by atoms with E-state index in [-0.39, 0.29) is 32.3 Å². The zero-order valence-electron chi connectivity index (χ0n) is 20.2. The molecule has 0 saturated carbocycles. The van der Waals surface area contributed by atoms with Crippen LogP contribution >= 0.6 is 0 Å². The fraction of sp³-hybridized carbons (Fsp3) is 0.333. The number of hydrogen-bond donors (Lipinski definition) is 0. The first-order valence-corrected chi connectivity index (χ1v) is 13.5. The lowest BCUT2D eigenvalue weighted by atomic mass is 9.90. The van der Waals surface area contributed by atoms with Gasteiger partial charge in [0.05, 0.1) is 32.2 Å². The van der Waals surface area contributed by atoms with Crippen LogP contribution in [0, 0.1) is 5.92 Å². The van der Waals surface area contributed by atoms with E-state index in [4.69, 9.17) is 19.2 Å². The molecule has 3 aromatic rings. The van der Waals surface area contributed by atoms with Crippen molar-refractivity contribution in [1.29, 1.82) is 0 Å². The molecule has 8 nitrogen and oxygen atoms in total. The summed E-state index contributed by atoms with van der Waals surface area (Å²) in [5, 5.41) is 3.81. The van der Waals surface area contributed by atoms with Crippen LogP contribution in [0.1, 0.15) is 16.7 Å². The molecule has 0 aliphatic heterocycles. The van der Waals surface area contributed by atoms with Crippen LogP contribution in [0.4, 0.5) is 0 Å². The molecule has 0 bridgehead atoms. The Morgan fingerprint density at radius 3 is 1.89 bits per heavy atom. The average Bonchev–Trinajstić information content (AvgIpc) is 2.88. The third-order valence-corrected chi connectivity index (χ3v) is 6.13. The number of azide groups is 1. The quantitative estimate of drug-likeness (QED) is 0.119. The maximum atomic E-state index is 12.2. The van der Waals surface area contributed by atoms with Crippen LogP contribution in [0.15, 0.2) is 96.1 Å². The third-order valence-electron chi connectivity index (χ3n) is 5.53. The predicted molar refractivity (Wildman–Crippen MR) is 138 cm³/mol. The first-order chi connectivity index (χ1) is 17.4. The van der Waals surface area contributed by atoms with E-state index in [1.807, 2.05) is 91.0 Å². The highest BCUT2D eigenvalue weighted by Crippen LogP contribution is 2.24. The van der Waals surface area contributed by atoms with Gasteiger partial charge in [-0.2, -0.15) is 8.42 Å². The largest absolute Gasteiger partial charge is 0.374 e. The zero-order valence-corrected chi connectivity index (χ0v) is 21.0. The summed E-state index contributed by atoms with van der Waals surface area (Å²) >= 11 is 0. The topological polar surface area (TPSA) is 111 Å². The molecular weight excluding hydrogens is 478 g/mol. The van der Waals surface area contributed by atoms with Crippen LogP contribution in [0.25, 0.3) is 10.4 Å². The van der Waals surface area contributed by atoms with E-state index in [0.29, 0.717) is 6.42 Å². The maximum Gasteiger partial charge on any atom is 0.264 e. The average molecular weight is 510 g/mol. The molecule has 36 heavy (non-hydrogen) atoms. The standard InChI is InChI=1S/C27H31N3O5S/c1-36(31,32)35-26(21-33-19-23-13-7-3-8-14-23)27(34-20-24-15-9-4-10-16-24)25(18-29-30-28)17-22-11-5-2-6-12-22/h2-16,25-27H,17-21H2,1H3/t25?,26-,27-/m1/s1. The second-order valence-corrected chi connectivity index (χ2v) is 10.1. The van der Waals surface area contributed by atoms with Gasteiger partial charge in [-0.1, -0.05) is 96.1 Å². The van der Waals surface area contributed by atoms with Gasteiger partial charge in [-0.05, 0) is 34.6 Å². The molecule has 3 atom stereocenters. The lowest BCUT2D eigenvalue weighted by Gasteiger charge is -2.32.